The average Bonchev–Trinajstić information content (AvgIpc) is 2.15. The maximum absolute atomic E-state index is 6.13. The summed E-state index contributed by atoms with van der Waals surface area (Å²) >= 11 is 6.13. The van der Waals surface area contributed by atoms with Crippen LogP contribution in [0.5, 0.6) is 0 Å². The fourth-order valence-electron chi connectivity index (χ4n) is 2.09. The summed E-state index contributed by atoms with van der Waals surface area (Å²) in [4.78, 5) is 0. The van der Waals surface area contributed by atoms with Gasteiger partial charge < -0.3 is 4.74 Å². The molecule has 0 aromatic heterocycles. The average molecular weight is 205 g/mol. The Bertz CT molecular complexity index is 130. The zero-order chi connectivity index (χ0) is 9.68. The third kappa shape index (κ3) is 3.86. The molecule has 0 aliphatic carbocycles. The Morgan fingerprint density at radius 3 is 2.46 bits per heavy atom. The van der Waals surface area contributed by atoms with Crippen LogP contribution < -0.4 is 0 Å². The molecule has 78 valence electrons. The van der Waals surface area contributed by atoms with E-state index in [9.17, 15) is 0 Å². The topological polar surface area (TPSA) is 9.23 Å². The van der Waals surface area contributed by atoms with Crippen molar-refractivity contribution in [1.29, 1.82) is 0 Å². The Hall–Kier alpha value is 0.250. The van der Waals surface area contributed by atoms with Crippen molar-refractivity contribution in [1.82, 2.24) is 0 Å². The van der Waals surface area contributed by atoms with Gasteiger partial charge in [-0.15, -0.1) is 11.6 Å². The van der Waals surface area contributed by atoms with Crippen molar-refractivity contribution < 1.29 is 4.74 Å². The number of hydrogen-bond donors (Lipinski definition) is 0. The lowest BCUT2D eigenvalue weighted by Gasteiger charge is -2.27. The second-order valence-electron chi connectivity index (χ2n) is 4.14. The Morgan fingerprint density at radius 2 is 2.00 bits per heavy atom. The van der Waals surface area contributed by atoms with Crippen LogP contribution in [-0.2, 0) is 4.74 Å². The van der Waals surface area contributed by atoms with Gasteiger partial charge >= 0.3 is 0 Å². The van der Waals surface area contributed by atoms with Gasteiger partial charge in [0, 0.05) is 18.6 Å². The van der Waals surface area contributed by atoms with Crippen LogP contribution in [0.25, 0.3) is 0 Å². The van der Waals surface area contributed by atoms with Crippen molar-refractivity contribution >= 4 is 11.6 Å². The fraction of sp³-hybridized carbons (Fsp3) is 1.00. The molecule has 0 amide bonds. The summed E-state index contributed by atoms with van der Waals surface area (Å²) in [5.74, 6) is 1.56. The predicted octanol–water partition coefficient (Wildman–Crippen LogP) is 3.46. The van der Waals surface area contributed by atoms with Gasteiger partial charge in [0.2, 0.25) is 0 Å². The zero-order valence-electron chi connectivity index (χ0n) is 8.76. The smallest absolute Gasteiger partial charge is 0.0468 e. The Labute approximate surface area is 86.8 Å². The van der Waals surface area contributed by atoms with Gasteiger partial charge in [-0.3, -0.25) is 0 Å². The largest absolute Gasteiger partial charge is 0.381 e. The molecule has 0 spiro atoms. The van der Waals surface area contributed by atoms with Crippen molar-refractivity contribution in [2.75, 3.05) is 13.2 Å². The van der Waals surface area contributed by atoms with Crippen LogP contribution in [0.3, 0.4) is 0 Å². The summed E-state index contributed by atoms with van der Waals surface area (Å²) < 4.78 is 5.34. The summed E-state index contributed by atoms with van der Waals surface area (Å²) in [7, 11) is 0. The minimum Gasteiger partial charge on any atom is -0.381 e. The maximum atomic E-state index is 6.13. The van der Waals surface area contributed by atoms with E-state index in [1.807, 2.05) is 0 Å². The third-order valence-corrected chi connectivity index (χ3v) is 3.51. The van der Waals surface area contributed by atoms with E-state index in [-0.39, 0.29) is 0 Å². The minimum atomic E-state index is 0.327. The molecule has 0 bridgehead atoms. The van der Waals surface area contributed by atoms with E-state index in [1.165, 1.54) is 25.7 Å². The minimum absolute atomic E-state index is 0.327. The zero-order valence-corrected chi connectivity index (χ0v) is 9.52. The fourth-order valence-corrected chi connectivity index (χ4v) is 2.37. The Balaban J connectivity index is 2.27. The van der Waals surface area contributed by atoms with E-state index in [0.717, 1.165) is 19.1 Å². The number of rotatable bonds is 4. The highest BCUT2D eigenvalue weighted by atomic mass is 35.5. The number of hydrogen-bond acceptors (Lipinski definition) is 1. The lowest BCUT2D eigenvalue weighted by molar-refractivity contribution is 0.0583. The van der Waals surface area contributed by atoms with Gasteiger partial charge in [0.05, 0.1) is 0 Å². The Morgan fingerprint density at radius 1 is 1.38 bits per heavy atom. The van der Waals surface area contributed by atoms with Gasteiger partial charge in [0.25, 0.3) is 0 Å². The second kappa shape index (κ2) is 5.87. The highest BCUT2D eigenvalue weighted by molar-refractivity contribution is 6.20. The van der Waals surface area contributed by atoms with Gasteiger partial charge in [0.1, 0.15) is 0 Å². The molecule has 0 saturated carbocycles. The van der Waals surface area contributed by atoms with Crippen LogP contribution in [-0.4, -0.2) is 18.6 Å². The molecule has 1 rings (SSSR count). The van der Waals surface area contributed by atoms with Gasteiger partial charge in [-0.25, -0.2) is 0 Å². The number of alkyl halides is 1. The highest BCUT2D eigenvalue weighted by Crippen LogP contribution is 2.28. The molecule has 0 aromatic carbocycles. The lowest BCUT2D eigenvalue weighted by atomic mass is 9.86. The molecule has 1 heterocycles. The first kappa shape index (κ1) is 11.3. The van der Waals surface area contributed by atoms with Gasteiger partial charge in [-0.1, -0.05) is 13.3 Å². The van der Waals surface area contributed by atoms with E-state index >= 15 is 0 Å². The van der Waals surface area contributed by atoms with E-state index < -0.39 is 0 Å². The van der Waals surface area contributed by atoms with E-state index in [0.29, 0.717) is 11.3 Å². The highest BCUT2D eigenvalue weighted by Gasteiger charge is 2.20. The molecule has 2 unspecified atom stereocenters. The first-order valence-corrected chi connectivity index (χ1v) is 5.89. The molecule has 13 heavy (non-hydrogen) atoms. The summed E-state index contributed by atoms with van der Waals surface area (Å²) in [5, 5.41) is 0.327. The molecule has 1 nitrogen and oxygen atoms in total. The maximum Gasteiger partial charge on any atom is 0.0468 e. The SMILES string of the molecule is CCC(CC1CCOCC1)C(C)Cl. The summed E-state index contributed by atoms with van der Waals surface area (Å²) in [6, 6.07) is 0. The number of ether oxygens (including phenoxy) is 1. The van der Waals surface area contributed by atoms with Crippen molar-refractivity contribution in [3.05, 3.63) is 0 Å². The quantitative estimate of drug-likeness (QED) is 0.638. The molecule has 2 atom stereocenters. The first-order valence-electron chi connectivity index (χ1n) is 5.45. The Kier molecular flexibility index (Phi) is 5.12. The monoisotopic (exact) mass is 204 g/mol. The second-order valence-corrected chi connectivity index (χ2v) is 4.83. The molecule has 1 saturated heterocycles. The van der Waals surface area contributed by atoms with Crippen molar-refractivity contribution in [3.8, 4) is 0 Å². The van der Waals surface area contributed by atoms with Crippen LogP contribution in [0, 0.1) is 11.8 Å². The molecule has 1 aliphatic heterocycles. The molecule has 2 heteroatoms. The van der Waals surface area contributed by atoms with Crippen LogP contribution in [0.4, 0.5) is 0 Å². The standard InChI is InChI=1S/C11H21ClO/c1-3-11(9(2)12)8-10-4-6-13-7-5-10/h9-11H,3-8H2,1-2H3. The molecular weight excluding hydrogens is 184 g/mol. The van der Waals surface area contributed by atoms with Crippen LogP contribution >= 0.6 is 11.6 Å². The van der Waals surface area contributed by atoms with Crippen LogP contribution in [0.2, 0.25) is 0 Å². The molecule has 0 N–H and O–H groups in total. The van der Waals surface area contributed by atoms with Gasteiger partial charge in [-0.05, 0) is 38.0 Å². The lowest BCUT2D eigenvalue weighted by Crippen LogP contribution is -2.21. The summed E-state index contributed by atoms with van der Waals surface area (Å²) in [5.41, 5.74) is 0. The summed E-state index contributed by atoms with van der Waals surface area (Å²) in [6.07, 6.45) is 4.98. The van der Waals surface area contributed by atoms with Gasteiger partial charge in [-0.2, -0.15) is 0 Å². The molecule has 1 fully saturated rings. The molecule has 1 aliphatic rings. The van der Waals surface area contributed by atoms with Crippen LogP contribution in [0.1, 0.15) is 39.5 Å². The van der Waals surface area contributed by atoms with E-state index in [1.54, 1.807) is 0 Å². The normalized spacial score (nSPS) is 24.2. The van der Waals surface area contributed by atoms with Crippen molar-refractivity contribution in [3.63, 3.8) is 0 Å². The van der Waals surface area contributed by atoms with Crippen molar-refractivity contribution in [2.24, 2.45) is 11.8 Å². The summed E-state index contributed by atoms with van der Waals surface area (Å²) in [6.45, 7) is 6.27. The molecule has 0 aromatic rings. The van der Waals surface area contributed by atoms with E-state index in [4.69, 9.17) is 16.3 Å². The van der Waals surface area contributed by atoms with Crippen molar-refractivity contribution in [2.45, 2.75) is 44.9 Å². The third-order valence-electron chi connectivity index (χ3n) is 3.15. The van der Waals surface area contributed by atoms with E-state index in [2.05, 4.69) is 13.8 Å². The van der Waals surface area contributed by atoms with Gasteiger partial charge in [0.15, 0.2) is 0 Å². The number of halogens is 1. The molecular formula is C11H21ClO. The molecule has 0 radical (unpaired) electrons. The predicted molar refractivity (Wildman–Crippen MR) is 57.3 cm³/mol. The first-order chi connectivity index (χ1) is 6.24. The van der Waals surface area contributed by atoms with Crippen LogP contribution in [0.15, 0.2) is 0 Å².